The van der Waals surface area contributed by atoms with Gasteiger partial charge in [0.2, 0.25) is 11.7 Å². The SMILES string of the molecule is Cc1nc(NC(=O)Nc2cccc(N)c2)c(=O)n(CC(=O)NCc2ccc(C(=N)N)cc2)c1-c1ccccc1. The Balaban J connectivity index is 1.58. The number of rotatable bonds is 8. The van der Waals surface area contributed by atoms with E-state index in [1.807, 2.05) is 30.3 Å². The number of benzene rings is 3. The molecule has 0 unspecified atom stereocenters. The highest BCUT2D eigenvalue weighted by molar-refractivity contribution is 5.99. The van der Waals surface area contributed by atoms with E-state index in [1.165, 1.54) is 4.57 Å². The van der Waals surface area contributed by atoms with Crippen LogP contribution in [0.1, 0.15) is 16.8 Å². The molecule has 0 aliphatic heterocycles. The zero-order valence-corrected chi connectivity index (χ0v) is 21.2. The highest BCUT2D eigenvalue weighted by atomic mass is 16.2. The van der Waals surface area contributed by atoms with Crippen molar-refractivity contribution in [3.8, 4) is 11.3 Å². The number of nitrogens with two attached hydrogens (primary N) is 2. The highest BCUT2D eigenvalue weighted by Gasteiger charge is 2.19. The number of urea groups is 1. The Bertz CT molecular complexity index is 1580. The van der Waals surface area contributed by atoms with Crippen molar-refractivity contribution in [2.24, 2.45) is 5.73 Å². The van der Waals surface area contributed by atoms with E-state index in [9.17, 15) is 14.4 Å². The first kappa shape index (κ1) is 26.6. The number of amides is 3. The van der Waals surface area contributed by atoms with Crippen molar-refractivity contribution in [1.82, 2.24) is 14.9 Å². The maximum absolute atomic E-state index is 13.5. The topological polar surface area (TPSA) is 181 Å². The molecule has 4 rings (SSSR count). The van der Waals surface area contributed by atoms with E-state index in [0.717, 1.165) is 5.56 Å². The predicted octanol–water partition coefficient (Wildman–Crippen LogP) is 3.05. The molecular formula is C28H28N8O3. The van der Waals surface area contributed by atoms with E-state index in [-0.39, 0.29) is 24.7 Å². The summed E-state index contributed by atoms with van der Waals surface area (Å²) in [7, 11) is 0. The molecule has 11 nitrogen and oxygen atoms in total. The summed E-state index contributed by atoms with van der Waals surface area (Å²) < 4.78 is 1.29. The lowest BCUT2D eigenvalue weighted by molar-refractivity contribution is -0.121. The molecular weight excluding hydrogens is 496 g/mol. The Labute approximate surface area is 224 Å². The van der Waals surface area contributed by atoms with Crippen molar-refractivity contribution >= 4 is 35.0 Å². The van der Waals surface area contributed by atoms with Crippen LogP contribution in [0.2, 0.25) is 0 Å². The molecule has 1 heterocycles. The average molecular weight is 525 g/mol. The second kappa shape index (κ2) is 11.7. The molecule has 0 bridgehead atoms. The van der Waals surface area contributed by atoms with Crippen LogP contribution in [0.3, 0.4) is 0 Å². The van der Waals surface area contributed by atoms with E-state index in [1.54, 1.807) is 55.5 Å². The Hall–Kier alpha value is -5.45. The molecule has 0 aliphatic carbocycles. The third-order valence-electron chi connectivity index (χ3n) is 5.82. The number of nitrogen functional groups attached to an aromatic ring is 2. The first-order valence-electron chi connectivity index (χ1n) is 12.0. The van der Waals surface area contributed by atoms with Crippen LogP contribution in [0.25, 0.3) is 11.3 Å². The van der Waals surface area contributed by atoms with Gasteiger partial charge in [-0.05, 0) is 30.7 Å². The summed E-state index contributed by atoms with van der Waals surface area (Å²) in [5, 5.41) is 15.4. The molecule has 8 N–H and O–H groups in total. The average Bonchev–Trinajstić information content (AvgIpc) is 2.91. The number of nitrogens with zero attached hydrogens (tertiary/aromatic N) is 2. The van der Waals surface area contributed by atoms with Gasteiger partial charge in [-0.1, -0.05) is 60.7 Å². The number of anilines is 3. The second-order valence-corrected chi connectivity index (χ2v) is 8.74. The van der Waals surface area contributed by atoms with Crippen molar-refractivity contribution in [1.29, 1.82) is 5.41 Å². The summed E-state index contributed by atoms with van der Waals surface area (Å²) in [6.07, 6.45) is 0. The third-order valence-corrected chi connectivity index (χ3v) is 5.82. The molecule has 4 aromatic rings. The molecule has 0 aliphatic rings. The van der Waals surface area contributed by atoms with Gasteiger partial charge in [0.25, 0.3) is 5.56 Å². The van der Waals surface area contributed by atoms with Crippen molar-refractivity contribution in [2.75, 3.05) is 16.4 Å². The zero-order valence-electron chi connectivity index (χ0n) is 21.2. The van der Waals surface area contributed by atoms with Crippen molar-refractivity contribution in [3.63, 3.8) is 0 Å². The van der Waals surface area contributed by atoms with Crippen LogP contribution in [-0.4, -0.2) is 27.3 Å². The van der Waals surface area contributed by atoms with Crippen LogP contribution >= 0.6 is 0 Å². The smallest absolute Gasteiger partial charge is 0.325 e. The molecule has 39 heavy (non-hydrogen) atoms. The molecule has 3 aromatic carbocycles. The van der Waals surface area contributed by atoms with Gasteiger partial charge in [0.15, 0.2) is 0 Å². The van der Waals surface area contributed by atoms with Gasteiger partial charge in [0, 0.05) is 29.0 Å². The van der Waals surface area contributed by atoms with Crippen molar-refractivity contribution < 1.29 is 9.59 Å². The van der Waals surface area contributed by atoms with E-state index >= 15 is 0 Å². The summed E-state index contributed by atoms with van der Waals surface area (Å²) >= 11 is 0. The summed E-state index contributed by atoms with van der Waals surface area (Å²) in [6, 6.07) is 21.9. The highest BCUT2D eigenvalue weighted by Crippen LogP contribution is 2.22. The lowest BCUT2D eigenvalue weighted by Gasteiger charge is -2.17. The number of amidine groups is 1. The van der Waals surface area contributed by atoms with Crippen LogP contribution in [0.15, 0.2) is 83.7 Å². The van der Waals surface area contributed by atoms with Gasteiger partial charge in [-0.25, -0.2) is 9.78 Å². The summed E-state index contributed by atoms with van der Waals surface area (Å²) in [6.45, 7) is 1.61. The minimum atomic E-state index is -0.679. The minimum absolute atomic E-state index is 0.0440. The quantitative estimate of drug-likeness (QED) is 0.117. The van der Waals surface area contributed by atoms with E-state index < -0.39 is 17.5 Å². The monoisotopic (exact) mass is 524 g/mol. The predicted molar refractivity (Wildman–Crippen MR) is 151 cm³/mol. The fourth-order valence-electron chi connectivity index (χ4n) is 3.97. The number of aromatic nitrogens is 2. The lowest BCUT2D eigenvalue weighted by Crippen LogP contribution is -2.36. The van der Waals surface area contributed by atoms with Crippen molar-refractivity contribution in [2.45, 2.75) is 20.0 Å². The normalized spacial score (nSPS) is 10.5. The van der Waals surface area contributed by atoms with Crippen LogP contribution in [0.4, 0.5) is 22.0 Å². The number of hydrogen-bond donors (Lipinski definition) is 6. The lowest BCUT2D eigenvalue weighted by atomic mass is 10.1. The molecule has 1 aromatic heterocycles. The van der Waals surface area contributed by atoms with Gasteiger partial charge in [-0.3, -0.25) is 24.9 Å². The van der Waals surface area contributed by atoms with E-state index in [0.29, 0.717) is 33.9 Å². The largest absolute Gasteiger partial charge is 0.399 e. The zero-order chi connectivity index (χ0) is 27.9. The van der Waals surface area contributed by atoms with Crippen molar-refractivity contribution in [3.05, 3.63) is 106 Å². The maximum Gasteiger partial charge on any atom is 0.325 e. The maximum atomic E-state index is 13.5. The first-order valence-corrected chi connectivity index (χ1v) is 12.0. The van der Waals surface area contributed by atoms with Crippen LogP contribution in [0, 0.1) is 12.3 Å². The molecule has 11 heteroatoms. The fourth-order valence-corrected chi connectivity index (χ4v) is 3.97. The Kier molecular flexibility index (Phi) is 8.00. The van der Waals surface area contributed by atoms with E-state index in [4.69, 9.17) is 16.9 Å². The van der Waals surface area contributed by atoms with Gasteiger partial charge < -0.3 is 22.1 Å². The number of carbonyl (C=O) groups excluding carboxylic acids is 2. The Morgan fingerprint density at radius 3 is 2.36 bits per heavy atom. The van der Waals surface area contributed by atoms with Gasteiger partial charge in [0.05, 0.1) is 11.4 Å². The molecule has 198 valence electrons. The van der Waals surface area contributed by atoms with Crippen LogP contribution in [-0.2, 0) is 17.9 Å². The van der Waals surface area contributed by atoms with E-state index in [2.05, 4.69) is 20.9 Å². The number of hydrogen-bond acceptors (Lipinski definition) is 6. The van der Waals surface area contributed by atoms with Gasteiger partial charge in [0.1, 0.15) is 12.4 Å². The molecule has 0 atom stereocenters. The Morgan fingerprint density at radius 2 is 1.69 bits per heavy atom. The summed E-state index contributed by atoms with van der Waals surface area (Å²) in [4.78, 5) is 43.4. The summed E-state index contributed by atoms with van der Waals surface area (Å²) in [5.74, 6) is -0.677. The third kappa shape index (κ3) is 6.66. The molecule has 0 radical (unpaired) electrons. The molecule has 0 spiro atoms. The fraction of sp³-hybridized carbons (Fsp3) is 0.107. The van der Waals surface area contributed by atoms with Gasteiger partial charge >= 0.3 is 6.03 Å². The van der Waals surface area contributed by atoms with Crippen LogP contribution in [0.5, 0.6) is 0 Å². The number of nitrogens with one attached hydrogen (secondary N) is 4. The van der Waals surface area contributed by atoms with Gasteiger partial charge in [-0.2, -0.15) is 0 Å². The number of aryl methyl sites for hydroxylation is 1. The van der Waals surface area contributed by atoms with Gasteiger partial charge in [-0.15, -0.1) is 0 Å². The molecule has 0 saturated heterocycles. The van der Waals surface area contributed by atoms with Crippen LogP contribution < -0.4 is 33.0 Å². The Morgan fingerprint density at radius 1 is 0.974 bits per heavy atom. The standard InChI is InChI=1S/C28H28N8O3/c1-17-24(19-6-3-2-4-7-19)36(16-23(37)32-15-18-10-12-20(13-11-18)25(30)31)27(38)26(33-17)35-28(39)34-22-9-5-8-21(29)14-22/h2-14H,15-16,29H2,1H3,(H3,30,31)(H,32,37)(H2,33,34,35,39). The summed E-state index contributed by atoms with van der Waals surface area (Å²) in [5.41, 5.74) is 14.5. The number of carbonyl (C=O) groups is 2. The molecule has 3 amide bonds. The first-order chi connectivity index (χ1) is 18.7. The second-order valence-electron chi connectivity index (χ2n) is 8.74. The molecule has 0 fully saturated rings. The minimum Gasteiger partial charge on any atom is -0.399 e. The molecule has 0 saturated carbocycles.